The Hall–Kier alpha value is -0.610. The summed E-state index contributed by atoms with van der Waals surface area (Å²) < 4.78 is 0.964. The van der Waals surface area contributed by atoms with Gasteiger partial charge in [-0.1, -0.05) is 0 Å². The van der Waals surface area contributed by atoms with Crippen molar-refractivity contribution in [2.24, 2.45) is 0 Å². The van der Waals surface area contributed by atoms with E-state index in [1.54, 1.807) is 6.20 Å². The third kappa shape index (κ3) is 2.69. The zero-order valence-corrected chi connectivity index (χ0v) is 10.1. The maximum Gasteiger partial charge on any atom is 0.140 e. The summed E-state index contributed by atoms with van der Waals surface area (Å²) in [6, 6.07) is 3.84. The lowest BCUT2D eigenvalue weighted by molar-refractivity contribution is -0.0370. The minimum absolute atomic E-state index is 0.408. The van der Waals surface area contributed by atoms with Gasteiger partial charge in [0.2, 0.25) is 0 Å². The Morgan fingerprint density at radius 3 is 2.93 bits per heavy atom. The predicted molar refractivity (Wildman–Crippen MR) is 63.8 cm³/mol. The molecule has 2 rings (SSSR count). The van der Waals surface area contributed by atoms with Crippen molar-refractivity contribution in [2.75, 3.05) is 11.9 Å². The first-order valence-corrected chi connectivity index (χ1v) is 6.06. The van der Waals surface area contributed by atoms with E-state index in [2.05, 4.69) is 26.2 Å². The number of rotatable bonds is 4. The fraction of sp³-hybridized carbons (Fsp3) is 0.545. The molecule has 0 spiro atoms. The van der Waals surface area contributed by atoms with Crippen molar-refractivity contribution in [3.05, 3.63) is 22.8 Å². The van der Waals surface area contributed by atoms with Gasteiger partial charge in [0.1, 0.15) is 5.82 Å². The molecule has 1 aromatic heterocycles. The first kappa shape index (κ1) is 10.9. The zero-order valence-electron chi connectivity index (χ0n) is 8.54. The second kappa shape index (κ2) is 4.49. The van der Waals surface area contributed by atoms with Crippen LogP contribution in [0.1, 0.15) is 25.7 Å². The summed E-state index contributed by atoms with van der Waals surface area (Å²) in [6.07, 6.45) is 5.60. The number of halogens is 1. The van der Waals surface area contributed by atoms with E-state index in [1.807, 2.05) is 12.1 Å². The average Bonchev–Trinajstić information content (AvgIpc) is 2.18. The Morgan fingerprint density at radius 1 is 1.53 bits per heavy atom. The Morgan fingerprint density at radius 2 is 2.33 bits per heavy atom. The molecule has 2 N–H and O–H groups in total. The molecule has 3 nitrogen and oxygen atoms in total. The summed E-state index contributed by atoms with van der Waals surface area (Å²) in [7, 11) is 0. The molecule has 1 aliphatic carbocycles. The molecule has 4 heteroatoms. The molecule has 1 saturated carbocycles. The fourth-order valence-electron chi connectivity index (χ4n) is 1.76. The normalized spacial score (nSPS) is 18.3. The van der Waals surface area contributed by atoms with E-state index in [-0.39, 0.29) is 0 Å². The Bertz CT molecular complexity index is 339. The molecule has 0 saturated heterocycles. The number of aliphatic hydroxyl groups is 1. The standard InChI is InChI=1S/C11H15BrN2O/c12-9-3-1-7-13-10(9)14-8-6-11(15)4-2-5-11/h1,3,7,15H,2,4-6,8H2,(H,13,14). The van der Waals surface area contributed by atoms with Gasteiger partial charge < -0.3 is 10.4 Å². The molecule has 0 bridgehead atoms. The van der Waals surface area contributed by atoms with Crippen molar-refractivity contribution in [2.45, 2.75) is 31.3 Å². The second-order valence-electron chi connectivity index (χ2n) is 4.09. The smallest absolute Gasteiger partial charge is 0.140 e. The molecule has 0 atom stereocenters. The summed E-state index contributed by atoms with van der Waals surface area (Å²) in [5, 5.41) is 13.1. The molecule has 15 heavy (non-hydrogen) atoms. The van der Waals surface area contributed by atoms with Gasteiger partial charge in [0, 0.05) is 12.7 Å². The van der Waals surface area contributed by atoms with Crippen molar-refractivity contribution in [3.63, 3.8) is 0 Å². The van der Waals surface area contributed by atoms with Crippen LogP contribution in [0, 0.1) is 0 Å². The summed E-state index contributed by atoms with van der Waals surface area (Å²) >= 11 is 3.42. The lowest BCUT2D eigenvalue weighted by Crippen LogP contribution is -2.38. The van der Waals surface area contributed by atoms with Crippen LogP contribution >= 0.6 is 15.9 Å². The first-order chi connectivity index (χ1) is 7.20. The SMILES string of the molecule is OC1(CCNc2ncccc2Br)CCC1. The van der Waals surface area contributed by atoms with E-state index in [9.17, 15) is 5.11 Å². The third-order valence-corrected chi connectivity index (χ3v) is 3.57. The molecule has 1 aromatic rings. The minimum atomic E-state index is -0.408. The van der Waals surface area contributed by atoms with Crippen LogP contribution in [-0.2, 0) is 0 Å². The lowest BCUT2D eigenvalue weighted by atomic mass is 9.78. The van der Waals surface area contributed by atoms with E-state index >= 15 is 0 Å². The van der Waals surface area contributed by atoms with Crippen LogP contribution in [0.2, 0.25) is 0 Å². The van der Waals surface area contributed by atoms with Crippen LogP contribution in [-0.4, -0.2) is 22.2 Å². The van der Waals surface area contributed by atoms with Gasteiger partial charge in [-0.3, -0.25) is 0 Å². The second-order valence-corrected chi connectivity index (χ2v) is 4.94. The molecule has 1 fully saturated rings. The van der Waals surface area contributed by atoms with Gasteiger partial charge in [-0.25, -0.2) is 4.98 Å². The van der Waals surface area contributed by atoms with Crippen molar-refractivity contribution in [3.8, 4) is 0 Å². The maximum atomic E-state index is 9.89. The number of aromatic nitrogens is 1. The minimum Gasteiger partial charge on any atom is -0.390 e. The number of hydrogen-bond donors (Lipinski definition) is 2. The summed E-state index contributed by atoms with van der Waals surface area (Å²) in [5.41, 5.74) is -0.408. The van der Waals surface area contributed by atoms with Crippen molar-refractivity contribution < 1.29 is 5.11 Å². The van der Waals surface area contributed by atoms with Crippen molar-refractivity contribution in [1.29, 1.82) is 0 Å². The first-order valence-electron chi connectivity index (χ1n) is 5.26. The van der Waals surface area contributed by atoms with E-state index in [0.29, 0.717) is 0 Å². The van der Waals surface area contributed by atoms with Gasteiger partial charge in [-0.15, -0.1) is 0 Å². The zero-order chi connectivity index (χ0) is 10.7. The van der Waals surface area contributed by atoms with E-state index in [1.165, 1.54) is 0 Å². The molecule has 0 radical (unpaired) electrons. The monoisotopic (exact) mass is 270 g/mol. The van der Waals surface area contributed by atoms with Crippen LogP contribution in [0.4, 0.5) is 5.82 Å². The Kier molecular flexibility index (Phi) is 3.26. The number of nitrogens with zero attached hydrogens (tertiary/aromatic N) is 1. The maximum absolute atomic E-state index is 9.89. The van der Waals surface area contributed by atoms with Crippen molar-refractivity contribution >= 4 is 21.7 Å². The van der Waals surface area contributed by atoms with Crippen LogP contribution < -0.4 is 5.32 Å². The largest absolute Gasteiger partial charge is 0.390 e. The third-order valence-electron chi connectivity index (χ3n) is 2.93. The van der Waals surface area contributed by atoms with Crippen LogP contribution in [0.15, 0.2) is 22.8 Å². The van der Waals surface area contributed by atoms with Crippen LogP contribution in [0.5, 0.6) is 0 Å². The number of anilines is 1. The molecule has 1 aliphatic rings. The molecule has 1 heterocycles. The highest BCUT2D eigenvalue weighted by molar-refractivity contribution is 9.10. The predicted octanol–water partition coefficient (Wildman–Crippen LogP) is 2.56. The topological polar surface area (TPSA) is 45.1 Å². The molecule has 82 valence electrons. The number of pyridine rings is 1. The van der Waals surface area contributed by atoms with Crippen LogP contribution in [0.25, 0.3) is 0 Å². The molecule has 0 amide bonds. The number of hydrogen-bond acceptors (Lipinski definition) is 3. The van der Waals surface area contributed by atoms with E-state index < -0.39 is 5.60 Å². The van der Waals surface area contributed by atoms with Gasteiger partial charge >= 0.3 is 0 Å². The van der Waals surface area contributed by atoms with Crippen molar-refractivity contribution in [1.82, 2.24) is 4.98 Å². The quantitative estimate of drug-likeness (QED) is 0.884. The molecule has 0 aliphatic heterocycles. The van der Waals surface area contributed by atoms with E-state index in [4.69, 9.17) is 0 Å². The Balaban J connectivity index is 1.81. The van der Waals surface area contributed by atoms with Gasteiger partial charge in [0.15, 0.2) is 0 Å². The highest BCUT2D eigenvalue weighted by Crippen LogP contribution is 2.34. The van der Waals surface area contributed by atoms with Gasteiger partial charge in [-0.2, -0.15) is 0 Å². The van der Waals surface area contributed by atoms with Gasteiger partial charge in [-0.05, 0) is 53.7 Å². The molecule has 0 aromatic carbocycles. The molecular weight excluding hydrogens is 256 g/mol. The summed E-state index contributed by atoms with van der Waals surface area (Å²) in [5.74, 6) is 0.848. The average molecular weight is 271 g/mol. The highest BCUT2D eigenvalue weighted by Gasteiger charge is 2.33. The van der Waals surface area contributed by atoms with Crippen LogP contribution in [0.3, 0.4) is 0 Å². The van der Waals surface area contributed by atoms with E-state index in [0.717, 1.165) is 42.5 Å². The van der Waals surface area contributed by atoms with Gasteiger partial charge in [0.25, 0.3) is 0 Å². The fourth-order valence-corrected chi connectivity index (χ4v) is 2.16. The Labute approximate surface area is 98.0 Å². The summed E-state index contributed by atoms with van der Waals surface area (Å²) in [4.78, 5) is 4.20. The number of nitrogens with one attached hydrogen (secondary N) is 1. The molecule has 0 unspecified atom stereocenters. The van der Waals surface area contributed by atoms with Gasteiger partial charge in [0.05, 0.1) is 10.1 Å². The highest BCUT2D eigenvalue weighted by atomic mass is 79.9. The molecular formula is C11H15BrN2O. The summed E-state index contributed by atoms with van der Waals surface area (Å²) in [6.45, 7) is 0.770. The lowest BCUT2D eigenvalue weighted by Gasteiger charge is -2.36.